The summed E-state index contributed by atoms with van der Waals surface area (Å²) in [5, 5.41) is 12.1. The first-order valence-electron chi connectivity index (χ1n) is 7.22. The van der Waals surface area contributed by atoms with Crippen LogP contribution in [0, 0.1) is 0 Å². The summed E-state index contributed by atoms with van der Waals surface area (Å²) in [6.07, 6.45) is 1.87. The summed E-state index contributed by atoms with van der Waals surface area (Å²) in [5.41, 5.74) is -0.302. The average Bonchev–Trinajstić information content (AvgIpc) is 2.36. The molecule has 0 unspecified atom stereocenters. The molecule has 0 fully saturated rings. The SMILES string of the molecule is CCCCNc1ccc(C(=O)O)cc1S(=O)(=O)NC(C)(C)C. The summed E-state index contributed by atoms with van der Waals surface area (Å²) in [5.74, 6) is -1.16. The lowest BCUT2D eigenvalue weighted by atomic mass is 10.1. The summed E-state index contributed by atoms with van der Waals surface area (Å²) in [6.45, 7) is 7.86. The quantitative estimate of drug-likeness (QED) is 0.669. The molecule has 6 nitrogen and oxygen atoms in total. The zero-order valence-electron chi connectivity index (χ0n) is 13.4. The second-order valence-corrected chi connectivity index (χ2v) is 7.80. The van der Waals surface area contributed by atoms with Gasteiger partial charge in [-0.1, -0.05) is 13.3 Å². The number of carbonyl (C=O) groups is 1. The molecule has 0 spiro atoms. The van der Waals surface area contributed by atoms with Gasteiger partial charge in [-0.3, -0.25) is 0 Å². The molecule has 0 radical (unpaired) electrons. The third kappa shape index (κ3) is 5.31. The highest BCUT2D eigenvalue weighted by Gasteiger charge is 2.25. The number of hydrogen-bond acceptors (Lipinski definition) is 4. The Labute approximate surface area is 132 Å². The number of sulfonamides is 1. The van der Waals surface area contributed by atoms with E-state index in [0.717, 1.165) is 12.8 Å². The number of anilines is 1. The van der Waals surface area contributed by atoms with E-state index >= 15 is 0 Å². The Morgan fingerprint density at radius 2 is 1.91 bits per heavy atom. The Bertz CT molecular complexity index is 633. The van der Waals surface area contributed by atoms with E-state index in [9.17, 15) is 13.2 Å². The topological polar surface area (TPSA) is 95.5 Å². The van der Waals surface area contributed by atoms with Crippen molar-refractivity contribution in [1.29, 1.82) is 0 Å². The molecule has 0 bridgehead atoms. The fraction of sp³-hybridized carbons (Fsp3) is 0.533. The highest BCUT2D eigenvalue weighted by atomic mass is 32.2. The predicted octanol–water partition coefficient (Wildman–Crippen LogP) is 2.67. The minimum absolute atomic E-state index is 0.0431. The number of hydrogen-bond donors (Lipinski definition) is 3. The number of benzene rings is 1. The van der Waals surface area contributed by atoms with Crippen LogP contribution in [0.15, 0.2) is 23.1 Å². The van der Waals surface area contributed by atoms with Crippen molar-refractivity contribution in [2.75, 3.05) is 11.9 Å². The first-order valence-corrected chi connectivity index (χ1v) is 8.70. The van der Waals surface area contributed by atoms with Gasteiger partial charge in [0.05, 0.1) is 11.3 Å². The average molecular weight is 328 g/mol. The summed E-state index contributed by atoms with van der Waals surface area (Å²) in [4.78, 5) is 11.1. The number of rotatable bonds is 7. The van der Waals surface area contributed by atoms with E-state index in [0.29, 0.717) is 12.2 Å². The molecule has 0 aliphatic heterocycles. The maximum atomic E-state index is 12.5. The third-order valence-corrected chi connectivity index (χ3v) is 4.60. The molecular formula is C15H24N2O4S. The summed E-state index contributed by atoms with van der Waals surface area (Å²) in [6, 6.07) is 4.08. The van der Waals surface area contributed by atoms with E-state index in [1.807, 2.05) is 6.92 Å². The Morgan fingerprint density at radius 3 is 2.41 bits per heavy atom. The lowest BCUT2D eigenvalue weighted by Gasteiger charge is -2.22. The minimum atomic E-state index is -3.82. The summed E-state index contributed by atoms with van der Waals surface area (Å²) in [7, 11) is -3.82. The Hall–Kier alpha value is -1.60. The second-order valence-electron chi connectivity index (χ2n) is 6.15. The van der Waals surface area contributed by atoms with Crippen molar-refractivity contribution in [2.45, 2.75) is 51.0 Å². The van der Waals surface area contributed by atoms with Crippen LogP contribution in [0.3, 0.4) is 0 Å². The van der Waals surface area contributed by atoms with Crippen molar-refractivity contribution in [3.05, 3.63) is 23.8 Å². The molecule has 1 rings (SSSR count). The predicted molar refractivity (Wildman–Crippen MR) is 86.9 cm³/mol. The van der Waals surface area contributed by atoms with Gasteiger partial charge in [0, 0.05) is 12.1 Å². The number of aromatic carboxylic acids is 1. The second kappa shape index (κ2) is 7.11. The van der Waals surface area contributed by atoms with Crippen LogP contribution in [0.4, 0.5) is 5.69 Å². The number of nitrogens with one attached hydrogen (secondary N) is 2. The van der Waals surface area contributed by atoms with Crippen molar-refractivity contribution in [3.63, 3.8) is 0 Å². The van der Waals surface area contributed by atoms with Crippen LogP contribution >= 0.6 is 0 Å². The molecule has 0 saturated carbocycles. The number of carboxylic acids is 1. The highest BCUT2D eigenvalue weighted by Crippen LogP contribution is 2.24. The lowest BCUT2D eigenvalue weighted by Crippen LogP contribution is -2.40. The molecule has 0 aliphatic carbocycles. The van der Waals surface area contributed by atoms with Gasteiger partial charge >= 0.3 is 5.97 Å². The normalized spacial score (nSPS) is 12.2. The van der Waals surface area contributed by atoms with Crippen LogP contribution < -0.4 is 10.0 Å². The molecule has 1 aromatic rings. The van der Waals surface area contributed by atoms with E-state index in [1.165, 1.54) is 18.2 Å². The molecule has 3 N–H and O–H groups in total. The van der Waals surface area contributed by atoms with Gasteiger partial charge in [0.15, 0.2) is 0 Å². The van der Waals surface area contributed by atoms with E-state index in [4.69, 9.17) is 5.11 Å². The van der Waals surface area contributed by atoms with Gasteiger partial charge < -0.3 is 10.4 Å². The summed E-state index contributed by atoms with van der Waals surface area (Å²) >= 11 is 0. The van der Waals surface area contributed by atoms with E-state index in [1.54, 1.807) is 20.8 Å². The first-order chi connectivity index (χ1) is 10.1. The Kier molecular flexibility index (Phi) is 5.96. The molecule has 0 amide bonds. The maximum Gasteiger partial charge on any atom is 0.335 e. The standard InChI is InChI=1S/C15H24N2O4S/c1-5-6-9-16-12-8-7-11(14(18)19)10-13(12)22(20,21)17-15(2,3)4/h7-8,10,16-17H,5-6,9H2,1-4H3,(H,18,19). The molecule has 0 aliphatic rings. The van der Waals surface area contributed by atoms with E-state index in [2.05, 4.69) is 10.0 Å². The molecule has 22 heavy (non-hydrogen) atoms. The molecule has 7 heteroatoms. The fourth-order valence-corrected chi connectivity index (χ4v) is 3.51. The monoisotopic (exact) mass is 328 g/mol. The van der Waals surface area contributed by atoms with Gasteiger partial charge in [0.25, 0.3) is 0 Å². The van der Waals surface area contributed by atoms with Gasteiger partial charge in [-0.25, -0.2) is 17.9 Å². The molecule has 124 valence electrons. The first kappa shape index (κ1) is 18.4. The maximum absolute atomic E-state index is 12.5. The lowest BCUT2D eigenvalue weighted by molar-refractivity contribution is 0.0696. The number of unbranched alkanes of at least 4 members (excludes halogenated alkanes) is 1. The Morgan fingerprint density at radius 1 is 1.27 bits per heavy atom. The molecule has 0 heterocycles. The molecule has 0 atom stereocenters. The van der Waals surface area contributed by atoms with Gasteiger partial charge in [-0.15, -0.1) is 0 Å². The van der Waals surface area contributed by atoms with E-state index < -0.39 is 21.5 Å². The highest BCUT2D eigenvalue weighted by molar-refractivity contribution is 7.89. The Balaban J connectivity index is 3.27. The minimum Gasteiger partial charge on any atom is -0.478 e. The third-order valence-electron chi connectivity index (χ3n) is 2.80. The molecular weight excluding hydrogens is 304 g/mol. The van der Waals surface area contributed by atoms with Gasteiger partial charge in [0.2, 0.25) is 10.0 Å². The van der Waals surface area contributed by atoms with Crippen molar-refractivity contribution in [2.24, 2.45) is 0 Å². The number of carboxylic acid groups (broad SMARTS) is 1. The van der Waals surface area contributed by atoms with Crippen LogP contribution in [-0.2, 0) is 10.0 Å². The zero-order chi connectivity index (χ0) is 17.0. The van der Waals surface area contributed by atoms with Gasteiger partial charge in [-0.05, 0) is 45.4 Å². The van der Waals surface area contributed by atoms with Crippen molar-refractivity contribution in [3.8, 4) is 0 Å². The van der Waals surface area contributed by atoms with Gasteiger partial charge in [-0.2, -0.15) is 0 Å². The molecule has 1 aromatic carbocycles. The van der Waals surface area contributed by atoms with Crippen LogP contribution in [-0.4, -0.2) is 31.6 Å². The van der Waals surface area contributed by atoms with Crippen molar-refractivity contribution < 1.29 is 18.3 Å². The van der Waals surface area contributed by atoms with Crippen molar-refractivity contribution >= 4 is 21.7 Å². The van der Waals surface area contributed by atoms with Crippen LogP contribution in [0.5, 0.6) is 0 Å². The van der Waals surface area contributed by atoms with Crippen molar-refractivity contribution in [1.82, 2.24) is 4.72 Å². The zero-order valence-corrected chi connectivity index (χ0v) is 14.3. The largest absolute Gasteiger partial charge is 0.478 e. The molecule has 0 saturated heterocycles. The van der Waals surface area contributed by atoms with Crippen LogP contribution in [0.25, 0.3) is 0 Å². The van der Waals surface area contributed by atoms with Gasteiger partial charge in [0.1, 0.15) is 4.90 Å². The molecule has 0 aromatic heterocycles. The van der Waals surface area contributed by atoms with E-state index in [-0.39, 0.29) is 10.5 Å². The smallest absolute Gasteiger partial charge is 0.335 e. The van der Waals surface area contributed by atoms with Crippen LogP contribution in [0.1, 0.15) is 50.9 Å². The summed E-state index contributed by atoms with van der Waals surface area (Å²) < 4.78 is 27.6. The fourth-order valence-electron chi connectivity index (χ4n) is 1.88. The van der Waals surface area contributed by atoms with Crippen LogP contribution in [0.2, 0.25) is 0 Å².